The van der Waals surface area contributed by atoms with E-state index < -0.39 is 26.6 Å². The van der Waals surface area contributed by atoms with Gasteiger partial charge in [0.05, 0.1) is 39.9 Å². The highest BCUT2D eigenvalue weighted by molar-refractivity contribution is 7.45. The molecule has 2 N–H and O–H groups in total. The van der Waals surface area contributed by atoms with Crippen molar-refractivity contribution < 1.29 is 32.9 Å². The summed E-state index contributed by atoms with van der Waals surface area (Å²) >= 11 is 0. The van der Waals surface area contributed by atoms with Gasteiger partial charge < -0.3 is 28.8 Å². The fraction of sp³-hybridized carbons (Fsp3) is 0.830. The van der Waals surface area contributed by atoms with Crippen molar-refractivity contribution in [3.05, 3.63) is 48.6 Å². The van der Waals surface area contributed by atoms with Crippen LogP contribution < -0.4 is 10.2 Å². The Kier molecular flexibility index (Phi) is 43.5. The van der Waals surface area contributed by atoms with Gasteiger partial charge in [0.15, 0.2) is 0 Å². The molecule has 0 aliphatic rings. The molecule has 0 saturated heterocycles. The van der Waals surface area contributed by atoms with Crippen LogP contribution >= 0.6 is 7.82 Å². The second kappa shape index (κ2) is 44.7. The molecule has 8 nitrogen and oxygen atoms in total. The topological polar surface area (TPSA) is 108 Å². The van der Waals surface area contributed by atoms with Crippen molar-refractivity contribution >= 4 is 13.7 Å². The lowest BCUT2D eigenvalue weighted by Crippen LogP contribution is -2.45. The van der Waals surface area contributed by atoms with Crippen LogP contribution in [0.25, 0.3) is 0 Å². The van der Waals surface area contributed by atoms with Crippen LogP contribution in [0.4, 0.5) is 0 Å². The van der Waals surface area contributed by atoms with Crippen molar-refractivity contribution in [1.29, 1.82) is 0 Å². The molecule has 0 aromatic rings. The van der Waals surface area contributed by atoms with Crippen molar-refractivity contribution in [3.63, 3.8) is 0 Å². The minimum absolute atomic E-state index is 0.00919. The Bertz CT molecular complexity index is 1150. The molecular weight excluding hydrogens is 792 g/mol. The van der Waals surface area contributed by atoms with Crippen LogP contribution in [0.5, 0.6) is 0 Å². The summed E-state index contributed by atoms with van der Waals surface area (Å²) in [5.74, 6) is -0.212. The van der Waals surface area contributed by atoms with Gasteiger partial charge in [-0.25, -0.2) is 0 Å². The standard InChI is InChI=1S/C53H101N2O6P/c1-6-8-10-12-14-16-18-19-20-21-22-23-24-25-26-27-28-29-30-31-32-33-34-35-37-39-41-43-45-47-53(57)54-51(50-61-62(58,59)60-49-48-55(3,4)5)52(56)46-44-42-40-38-36-17-15-13-11-9-7-2/h11,13,21-22,36,38,44,46,51-52,56H,6-10,12,14-20,23-35,37,39-43,45,47-50H2,1-5H3,(H-,54,57,58,59)/b13-11+,22-21-,38-36+,46-44+. The second-order valence-electron chi connectivity index (χ2n) is 18.9. The number of quaternary nitrogens is 1. The average molecular weight is 893 g/mol. The molecule has 0 aliphatic heterocycles. The quantitative estimate of drug-likeness (QED) is 0.0273. The first-order valence-corrected chi connectivity index (χ1v) is 27.5. The molecule has 0 aromatic heterocycles. The third kappa shape index (κ3) is 46.5. The summed E-state index contributed by atoms with van der Waals surface area (Å²) in [5.41, 5.74) is 0. The summed E-state index contributed by atoms with van der Waals surface area (Å²) in [6.07, 6.45) is 57.7. The number of aliphatic hydroxyl groups is 1. The highest BCUT2D eigenvalue weighted by atomic mass is 31.2. The Morgan fingerprint density at radius 3 is 1.37 bits per heavy atom. The van der Waals surface area contributed by atoms with E-state index in [1.54, 1.807) is 6.08 Å². The van der Waals surface area contributed by atoms with E-state index in [-0.39, 0.29) is 12.5 Å². The van der Waals surface area contributed by atoms with Crippen LogP contribution in [0, 0.1) is 0 Å². The number of hydrogen-bond acceptors (Lipinski definition) is 6. The summed E-state index contributed by atoms with van der Waals surface area (Å²) in [6.45, 7) is 4.55. The van der Waals surface area contributed by atoms with Crippen molar-refractivity contribution in [3.8, 4) is 0 Å². The first-order chi connectivity index (χ1) is 30.0. The van der Waals surface area contributed by atoms with E-state index in [1.165, 1.54) is 161 Å². The summed E-state index contributed by atoms with van der Waals surface area (Å²) < 4.78 is 23.2. The monoisotopic (exact) mass is 893 g/mol. The van der Waals surface area contributed by atoms with Gasteiger partial charge in [-0.2, -0.15) is 0 Å². The molecule has 1 amide bonds. The van der Waals surface area contributed by atoms with Crippen molar-refractivity contribution in [2.45, 2.75) is 244 Å². The van der Waals surface area contributed by atoms with Gasteiger partial charge in [-0.3, -0.25) is 9.36 Å². The van der Waals surface area contributed by atoms with Crippen molar-refractivity contribution in [2.75, 3.05) is 40.9 Å². The molecule has 0 aromatic carbocycles. The largest absolute Gasteiger partial charge is 0.756 e. The van der Waals surface area contributed by atoms with Crippen molar-refractivity contribution in [1.82, 2.24) is 5.32 Å². The number of carbonyl (C=O) groups is 1. The number of phosphoric ester groups is 1. The lowest BCUT2D eigenvalue weighted by atomic mass is 10.0. The van der Waals surface area contributed by atoms with E-state index in [9.17, 15) is 19.4 Å². The first kappa shape index (κ1) is 60.5. The van der Waals surface area contributed by atoms with E-state index in [0.29, 0.717) is 17.4 Å². The number of rotatable bonds is 47. The Balaban J connectivity index is 4.08. The number of phosphoric acid groups is 1. The predicted octanol–water partition coefficient (Wildman–Crippen LogP) is 14.6. The van der Waals surface area contributed by atoms with Crippen LogP contribution in [0.2, 0.25) is 0 Å². The van der Waals surface area contributed by atoms with E-state index in [2.05, 4.69) is 55.6 Å². The molecule has 0 saturated carbocycles. The maximum Gasteiger partial charge on any atom is 0.268 e. The van der Waals surface area contributed by atoms with E-state index in [1.807, 2.05) is 27.2 Å². The fourth-order valence-electron chi connectivity index (χ4n) is 7.36. The highest BCUT2D eigenvalue weighted by Crippen LogP contribution is 2.38. The number of allylic oxidation sites excluding steroid dienone is 7. The Morgan fingerprint density at radius 1 is 0.548 bits per heavy atom. The third-order valence-electron chi connectivity index (χ3n) is 11.5. The summed E-state index contributed by atoms with van der Waals surface area (Å²) in [6, 6.07) is -0.907. The third-order valence-corrected chi connectivity index (χ3v) is 12.4. The highest BCUT2D eigenvalue weighted by Gasteiger charge is 2.23. The Labute approximate surface area is 384 Å². The number of hydrogen-bond donors (Lipinski definition) is 2. The van der Waals surface area contributed by atoms with Crippen LogP contribution in [0.1, 0.15) is 232 Å². The molecular formula is C53H101N2O6P. The maximum absolute atomic E-state index is 12.9. The number of nitrogens with one attached hydrogen (secondary N) is 1. The minimum atomic E-state index is -4.60. The van der Waals surface area contributed by atoms with E-state index in [0.717, 1.165) is 51.4 Å². The Hall–Kier alpha value is -1.54. The van der Waals surface area contributed by atoms with Gasteiger partial charge in [0.2, 0.25) is 5.91 Å². The van der Waals surface area contributed by atoms with Crippen LogP contribution in [-0.4, -0.2) is 68.5 Å². The second-order valence-corrected chi connectivity index (χ2v) is 20.3. The van der Waals surface area contributed by atoms with Gasteiger partial charge in [-0.05, 0) is 64.2 Å². The fourth-order valence-corrected chi connectivity index (χ4v) is 8.09. The number of carbonyl (C=O) groups excluding carboxylic acids is 1. The molecule has 364 valence electrons. The zero-order chi connectivity index (χ0) is 45.7. The number of amides is 1. The average Bonchev–Trinajstić information content (AvgIpc) is 3.23. The first-order valence-electron chi connectivity index (χ1n) is 26.0. The van der Waals surface area contributed by atoms with Gasteiger partial charge >= 0.3 is 0 Å². The molecule has 3 unspecified atom stereocenters. The Morgan fingerprint density at radius 2 is 0.935 bits per heavy atom. The predicted molar refractivity (Wildman–Crippen MR) is 265 cm³/mol. The molecule has 0 radical (unpaired) electrons. The van der Waals surface area contributed by atoms with Gasteiger partial charge in [0.1, 0.15) is 13.2 Å². The van der Waals surface area contributed by atoms with Crippen LogP contribution in [-0.2, 0) is 18.4 Å². The molecule has 0 heterocycles. The minimum Gasteiger partial charge on any atom is -0.756 e. The zero-order valence-corrected chi connectivity index (χ0v) is 42.2. The number of likely N-dealkylation sites (N-methyl/N-ethyl adjacent to an activating group) is 1. The number of nitrogens with zero attached hydrogens (tertiary/aromatic N) is 1. The molecule has 0 spiro atoms. The summed E-state index contributed by atoms with van der Waals surface area (Å²) in [4.78, 5) is 25.3. The molecule has 3 atom stereocenters. The molecule has 9 heteroatoms. The summed E-state index contributed by atoms with van der Waals surface area (Å²) in [7, 11) is 1.23. The van der Waals surface area contributed by atoms with Gasteiger partial charge in [-0.15, -0.1) is 0 Å². The normalized spacial score (nSPS) is 14.5. The smallest absolute Gasteiger partial charge is 0.268 e. The van der Waals surface area contributed by atoms with Gasteiger partial charge in [-0.1, -0.05) is 210 Å². The lowest BCUT2D eigenvalue weighted by Gasteiger charge is -2.29. The van der Waals surface area contributed by atoms with Crippen LogP contribution in [0.3, 0.4) is 0 Å². The molecule has 0 bridgehead atoms. The number of unbranched alkanes of at least 4 members (excludes halogenated alkanes) is 28. The molecule has 0 aliphatic carbocycles. The molecule has 0 rings (SSSR count). The van der Waals surface area contributed by atoms with E-state index in [4.69, 9.17) is 9.05 Å². The summed E-state index contributed by atoms with van der Waals surface area (Å²) in [5, 5.41) is 13.7. The lowest BCUT2D eigenvalue weighted by molar-refractivity contribution is -0.870. The molecule has 62 heavy (non-hydrogen) atoms. The van der Waals surface area contributed by atoms with Gasteiger partial charge in [0, 0.05) is 6.42 Å². The maximum atomic E-state index is 12.9. The number of aliphatic hydroxyl groups excluding tert-OH is 1. The molecule has 0 fully saturated rings. The van der Waals surface area contributed by atoms with Crippen molar-refractivity contribution in [2.24, 2.45) is 0 Å². The zero-order valence-electron chi connectivity index (χ0n) is 41.3. The SMILES string of the molecule is CCC/C=C/CC/C=C/CC/C=C/C(O)C(COP(=O)([O-])OCC[N+](C)(C)C)NC(=O)CCCCCCCCCCCCCCCCCCC/C=C\CCCCCCCCCC. The van der Waals surface area contributed by atoms with Crippen LogP contribution in [0.15, 0.2) is 48.6 Å². The van der Waals surface area contributed by atoms with E-state index >= 15 is 0 Å². The van der Waals surface area contributed by atoms with Gasteiger partial charge in [0.25, 0.3) is 7.82 Å².